The highest BCUT2D eigenvalue weighted by molar-refractivity contribution is 6.35. The summed E-state index contributed by atoms with van der Waals surface area (Å²) in [7, 11) is 0. The van der Waals surface area contributed by atoms with Gasteiger partial charge in [0.2, 0.25) is 11.8 Å². The molecule has 0 radical (unpaired) electrons. The molecule has 0 bridgehead atoms. The van der Waals surface area contributed by atoms with E-state index in [0.717, 1.165) is 19.3 Å². The number of benzene rings is 1. The molecule has 1 saturated heterocycles. The van der Waals surface area contributed by atoms with E-state index in [1.165, 1.54) is 4.90 Å². The lowest BCUT2D eigenvalue weighted by Gasteiger charge is -2.44. The van der Waals surface area contributed by atoms with Crippen LogP contribution in [0.5, 0.6) is 0 Å². The van der Waals surface area contributed by atoms with Crippen molar-refractivity contribution in [2.24, 2.45) is 16.7 Å². The quantitative estimate of drug-likeness (QED) is 0.659. The molecule has 1 aromatic rings. The zero-order valence-electron chi connectivity index (χ0n) is 13.7. The van der Waals surface area contributed by atoms with Gasteiger partial charge in [-0.2, -0.15) is 0 Å². The first-order chi connectivity index (χ1) is 10.6. The first-order valence-corrected chi connectivity index (χ1v) is 8.71. The van der Waals surface area contributed by atoms with E-state index in [2.05, 4.69) is 20.8 Å². The Morgan fingerprint density at radius 1 is 1.09 bits per heavy atom. The largest absolute Gasteiger partial charge is 0.274 e. The van der Waals surface area contributed by atoms with Gasteiger partial charge in [0.25, 0.3) is 0 Å². The standard InChI is InChI=1S/C18H21Cl2NO2/c1-11-7-17(2,3)10-18(8-11)9-15(22)21(16(18)23)14-5-12(19)4-13(20)6-14/h4-6,11H,7-10H2,1-3H3. The molecule has 1 aromatic carbocycles. The van der Waals surface area contributed by atoms with Gasteiger partial charge in [0.05, 0.1) is 11.1 Å². The van der Waals surface area contributed by atoms with Gasteiger partial charge in [-0.1, -0.05) is 44.0 Å². The molecule has 1 saturated carbocycles. The number of amides is 2. The minimum absolute atomic E-state index is 0.0651. The van der Waals surface area contributed by atoms with Crippen LogP contribution in [-0.2, 0) is 9.59 Å². The van der Waals surface area contributed by atoms with E-state index in [4.69, 9.17) is 23.2 Å². The molecular weight excluding hydrogens is 333 g/mol. The van der Waals surface area contributed by atoms with Crippen LogP contribution in [0.2, 0.25) is 10.0 Å². The number of carbonyl (C=O) groups is 2. The van der Waals surface area contributed by atoms with Crippen molar-refractivity contribution in [2.45, 2.75) is 46.5 Å². The molecule has 1 spiro atoms. The monoisotopic (exact) mass is 353 g/mol. The van der Waals surface area contributed by atoms with Crippen LogP contribution in [0.25, 0.3) is 0 Å². The van der Waals surface area contributed by atoms with Crippen molar-refractivity contribution in [1.29, 1.82) is 0 Å². The SMILES string of the molecule is CC1CC(C)(C)CC2(CC(=O)N(c3cc(Cl)cc(Cl)c3)C2=O)C1. The third-order valence-electron chi connectivity index (χ3n) is 4.96. The van der Waals surface area contributed by atoms with Crippen molar-refractivity contribution in [1.82, 2.24) is 0 Å². The first kappa shape index (κ1) is 16.8. The van der Waals surface area contributed by atoms with Crippen LogP contribution in [0.1, 0.15) is 46.5 Å². The number of imide groups is 1. The maximum absolute atomic E-state index is 13.2. The predicted octanol–water partition coefficient (Wildman–Crippen LogP) is 5.09. The first-order valence-electron chi connectivity index (χ1n) is 7.95. The summed E-state index contributed by atoms with van der Waals surface area (Å²) in [5.74, 6) is 0.178. The second-order valence-corrected chi connectivity index (χ2v) is 8.85. The number of carbonyl (C=O) groups excluding carboxylic acids is 2. The fourth-order valence-corrected chi connectivity index (χ4v) is 5.28. The molecule has 23 heavy (non-hydrogen) atoms. The number of hydrogen-bond acceptors (Lipinski definition) is 2. The van der Waals surface area contributed by atoms with Gasteiger partial charge >= 0.3 is 0 Å². The highest BCUT2D eigenvalue weighted by atomic mass is 35.5. The maximum atomic E-state index is 13.2. The van der Waals surface area contributed by atoms with Gasteiger partial charge < -0.3 is 0 Å². The second kappa shape index (κ2) is 5.49. The summed E-state index contributed by atoms with van der Waals surface area (Å²) in [5.41, 5.74) is -0.0340. The summed E-state index contributed by atoms with van der Waals surface area (Å²) in [6.07, 6.45) is 2.88. The molecule has 0 N–H and O–H groups in total. The Kier molecular flexibility index (Phi) is 4.01. The molecule has 5 heteroatoms. The molecule has 0 aromatic heterocycles. The highest BCUT2D eigenvalue weighted by Crippen LogP contribution is 2.54. The van der Waals surface area contributed by atoms with Crippen LogP contribution in [0.15, 0.2) is 18.2 Å². The van der Waals surface area contributed by atoms with Gasteiger partial charge in [-0.3, -0.25) is 9.59 Å². The van der Waals surface area contributed by atoms with E-state index in [1.54, 1.807) is 18.2 Å². The number of rotatable bonds is 1. The Bertz CT molecular complexity index is 665. The Morgan fingerprint density at radius 3 is 2.26 bits per heavy atom. The van der Waals surface area contributed by atoms with Crippen LogP contribution in [-0.4, -0.2) is 11.8 Å². The zero-order valence-corrected chi connectivity index (χ0v) is 15.2. The normalized spacial score (nSPS) is 30.3. The molecule has 2 atom stereocenters. The fraction of sp³-hybridized carbons (Fsp3) is 0.556. The van der Waals surface area contributed by atoms with Crippen molar-refractivity contribution < 1.29 is 9.59 Å². The number of hydrogen-bond donors (Lipinski definition) is 0. The van der Waals surface area contributed by atoms with Gasteiger partial charge in [0.1, 0.15) is 0 Å². The van der Waals surface area contributed by atoms with Gasteiger partial charge in [0, 0.05) is 16.5 Å². The van der Waals surface area contributed by atoms with E-state index in [1.807, 2.05) is 0 Å². The molecule has 2 fully saturated rings. The summed E-state index contributed by atoms with van der Waals surface area (Å²) in [6.45, 7) is 6.53. The Morgan fingerprint density at radius 2 is 1.70 bits per heavy atom. The lowest BCUT2D eigenvalue weighted by molar-refractivity contribution is -0.130. The minimum atomic E-state index is -0.576. The second-order valence-electron chi connectivity index (χ2n) is 7.97. The molecule has 1 aliphatic carbocycles. The third kappa shape index (κ3) is 3.01. The van der Waals surface area contributed by atoms with Crippen LogP contribution in [0.4, 0.5) is 5.69 Å². The van der Waals surface area contributed by atoms with Crippen molar-refractivity contribution in [2.75, 3.05) is 4.90 Å². The molecular formula is C18H21Cl2NO2. The summed E-state index contributed by atoms with van der Waals surface area (Å²) in [4.78, 5) is 27.1. The Balaban J connectivity index is 2.00. The van der Waals surface area contributed by atoms with Crippen LogP contribution in [0, 0.1) is 16.7 Å². The molecule has 2 unspecified atom stereocenters. The molecule has 2 amide bonds. The van der Waals surface area contributed by atoms with Crippen LogP contribution < -0.4 is 4.90 Å². The lowest BCUT2D eigenvalue weighted by atomic mass is 9.59. The molecule has 1 heterocycles. The summed E-state index contributed by atoms with van der Waals surface area (Å²) >= 11 is 12.1. The summed E-state index contributed by atoms with van der Waals surface area (Å²) in [5, 5.41) is 0.845. The third-order valence-corrected chi connectivity index (χ3v) is 5.39. The molecule has 3 rings (SSSR count). The number of nitrogens with zero attached hydrogens (tertiary/aromatic N) is 1. The molecule has 124 valence electrons. The van der Waals surface area contributed by atoms with E-state index in [0.29, 0.717) is 21.7 Å². The van der Waals surface area contributed by atoms with Gasteiger partial charge in [-0.05, 0) is 48.8 Å². The molecule has 3 nitrogen and oxygen atoms in total. The lowest BCUT2D eigenvalue weighted by Crippen LogP contribution is -2.43. The topological polar surface area (TPSA) is 37.4 Å². The average Bonchev–Trinajstić information content (AvgIpc) is 2.55. The Labute approximate surface area is 146 Å². The number of halogens is 2. The van der Waals surface area contributed by atoms with Crippen molar-refractivity contribution in [3.05, 3.63) is 28.2 Å². The van der Waals surface area contributed by atoms with E-state index in [-0.39, 0.29) is 23.7 Å². The highest BCUT2D eigenvalue weighted by Gasteiger charge is 2.56. The Hall–Kier alpha value is -1.06. The van der Waals surface area contributed by atoms with Crippen LogP contribution >= 0.6 is 23.2 Å². The number of anilines is 1. The molecule has 1 aliphatic heterocycles. The fourth-order valence-electron chi connectivity index (χ4n) is 4.76. The summed E-state index contributed by atoms with van der Waals surface area (Å²) < 4.78 is 0. The molecule has 2 aliphatic rings. The van der Waals surface area contributed by atoms with E-state index in [9.17, 15) is 9.59 Å². The van der Waals surface area contributed by atoms with Gasteiger partial charge in [-0.25, -0.2) is 4.90 Å². The van der Waals surface area contributed by atoms with Gasteiger partial charge in [0.15, 0.2) is 0 Å². The van der Waals surface area contributed by atoms with Gasteiger partial charge in [-0.15, -0.1) is 0 Å². The van der Waals surface area contributed by atoms with Crippen LogP contribution in [0.3, 0.4) is 0 Å². The van der Waals surface area contributed by atoms with Crippen molar-refractivity contribution >= 4 is 40.7 Å². The summed E-state index contributed by atoms with van der Waals surface area (Å²) in [6, 6.07) is 4.85. The minimum Gasteiger partial charge on any atom is -0.274 e. The van der Waals surface area contributed by atoms with E-state index < -0.39 is 5.41 Å². The zero-order chi connectivity index (χ0) is 17.0. The average molecular weight is 354 g/mol. The predicted molar refractivity (Wildman–Crippen MR) is 92.8 cm³/mol. The van der Waals surface area contributed by atoms with Crippen molar-refractivity contribution in [3.8, 4) is 0 Å². The van der Waals surface area contributed by atoms with Crippen molar-refractivity contribution in [3.63, 3.8) is 0 Å². The van der Waals surface area contributed by atoms with E-state index >= 15 is 0 Å². The smallest absolute Gasteiger partial charge is 0.240 e. The maximum Gasteiger partial charge on any atom is 0.240 e.